The van der Waals surface area contributed by atoms with Crippen molar-refractivity contribution in [3.63, 3.8) is 0 Å². The summed E-state index contributed by atoms with van der Waals surface area (Å²) in [7, 11) is 1.56. The molecule has 1 aliphatic rings. The predicted octanol–water partition coefficient (Wildman–Crippen LogP) is 0.503. The Morgan fingerprint density at radius 2 is 2.25 bits per heavy atom. The quantitative estimate of drug-likeness (QED) is 0.459. The summed E-state index contributed by atoms with van der Waals surface area (Å²) in [6, 6.07) is 0. The molecule has 0 bridgehead atoms. The third-order valence-corrected chi connectivity index (χ3v) is 2.09. The van der Waals surface area contributed by atoms with Gasteiger partial charge in [-0.15, -0.1) is 0 Å². The van der Waals surface area contributed by atoms with Gasteiger partial charge in [0.25, 0.3) is 0 Å². The zero-order chi connectivity index (χ0) is 9.19. The first-order chi connectivity index (χ1) is 5.58. The Morgan fingerprint density at radius 1 is 1.58 bits per heavy atom. The highest BCUT2D eigenvalue weighted by atomic mass is 16.6. The minimum Gasteiger partial charge on any atom is -0.393 e. The number of hydrogen-bond acceptors (Lipinski definition) is 4. The van der Waals surface area contributed by atoms with Gasteiger partial charge >= 0.3 is 11.9 Å². The second-order valence-electron chi connectivity index (χ2n) is 3.24. The first-order valence-corrected chi connectivity index (χ1v) is 3.82. The van der Waals surface area contributed by atoms with E-state index in [-0.39, 0.29) is 6.42 Å². The monoisotopic (exact) mass is 172 g/mol. The van der Waals surface area contributed by atoms with Gasteiger partial charge in [0.15, 0.2) is 0 Å². The van der Waals surface area contributed by atoms with E-state index in [1.165, 1.54) is 0 Å². The summed E-state index contributed by atoms with van der Waals surface area (Å²) in [6.07, 6.45) is 0.712. The summed E-state index contributed by atoms with van der Waals surface area (Å²) in [5.41, 5.74) is -0.660. The molecule has 1 aliphatic heterocycles. The van der Waals surface area contributed by atoms with E-state index in [9.17, 15) is 9.59 Å². The Balaban J connectivity index is 2.58. The Morgan fingerprint density at radius 3 is 2.67 bits per heavy atom. The lowest BCUT2D eigenvalue weighted by Crippen LogP contribution is -2.23. The first-order valence-electron chi connectivity index (χ1n) is 3.82. The summed E-state index contributed by atoms with van der Waals surface area (Å²) in [6.45, 7) is 2.19. The summed E-state index contributed by atoms with van der Waals surface area (Å²) in [4.78, 5) is 21.9. The molecule has 0 aromatic rings. The normalized spacial score (nSPS) is 29.2. The van der Waals surface area contributed by atoms with E-state index < -0.39 is 17.4 Å². The summed E-state index contributed by atoms with van der Waals surface area (Å²) in [5, 5.41) is 0. The average molecular weight is 172 g/mol. The molecule has 0 aliphatic carbocycles. The average Bonchev–Trinajstić information content (AvgIpc) is 2.23. The van der Waals surface area contributed by atoms with Crippen LogP contribution >= 0.6 is 0 Å². The maximum atomic E-state index is 11.1. The molecule has 0 spiro atoms. The highest BCUT2D eigenvalue weighted by Crippen LogP contribution is 2.33. The molecule has 1 saturated heterocycles. The van der Waals surface area contributed by atoms with Gasteiger partial charge in [0.05, 0.1) is 11.8 Å². The van der Waals surface area contributed by atoms with E-state index in [4.69, 9.17) is 4.74 Å². The smallest absolute Gasteiger partial charge is 0.320 e. The van der Waals surface area contributed by atoms with Crippen LogP contribution in [0.4, 0.5) is 0 Å². The van der Waals surface area contributed by atoms with Gasteiger partial charge in [-0.1, -0.05) is 0 Å². The SMILES string of the molecule is COCCC1(C)CC(=O)OC1=O. The second kappa shape index (κ2) is 3.23. The topological polar surface area (TPSA) is 52.6 Å². The van der Waals surface area contributed by atoms with Crippen molar-refractivity contribution in [3.05, 3.63) is 0 Å². The van der Waals surface area contributed by atoms with Crippen molar-refractivity contribution in [3.8, 4) is 0 Å². The molecular formula is C8H12O4. The summed E-state index contributed by atoms with van der Waals surface area (Å²) in [5.74, 6) is -0.858. The van der Waals surface area contributed by atoms with Crippen LogP contribution in [0.3, 0.4) is 0 Å². The second-order valence-corrected chi connectivity index (χ2v) is 3.24. The fourth-order valence-electron chi connectivity index (χ4n) is 1.17. The molecule has 1 atom stereocenters. The number of carbonyl (C=O) groups is 2. The lowest BCUT2D eigenvalue weighted by Gasteiger charge is -2.15. The molecule has 0 aromatic carbocycles. The van der Waals surface area contributed by atoms with E-state index in [1.807, 2.05) is 0 Å². The zero-order valence-corrected chi connectivity index (χ0v) is 7.25. The van der Waals surface area contributed by atoms with Gasteiger partial charge in [0.2, 0.25) is 0 Å². The molecule has 1 rings (SSSR count). The van der Waals surface area contributed by atoms with Gasteiger partial charge in [-0.3, -0.25) is 9.59 Å². The lowest BCUT2D eigenvalue weighted by atomic mass is 9.86. The van der Waals surface area contributed by atoms with Crippen molar-refractivity contribution >= 4 is 11.9 Å². The maximum Gasteiger partial charge on any atom is 0.320 e. The lowest BCUT2D eigenvalue weighted by molar-refractivity contribution is -0.155. The van der Waals surface area contributed by atoms with Crippen molar-refractivity contribution in [1.82, 2.24) is 0 Å². The predicted molar refractivity (Wildman–Crippen MR) is 40.3 cm³/mol. The molecule has 1 fully saturated rings. The van der Waals surface area contributed by atoms with Crippen molar-refractivity contribution < 1.29 is 19.1 Å². The molecule has 1 unspecified atom stereocenters. The molecule has 68 valence electrons. The molecule has 0 N–H and O–H groups in total. The number of rotatable bonds is 3. The fourth-order valence-corrected chi connectivity index (χ4v) is 1.17. The van der Waals surface area contributed by atoms with Gasteiger partial charge in [-0.25, -0.2) is 0 Å². The molecule has 0 saturated carbocycles. The van der Waals surface area contributed by atoms with E-state index >= 15 is 0 Å². The number of carbonyl (C=O) groups excluding carboxylic acids is 2. The van der Waals surface area contributed by atoms with Gasteiger partial charge in [0, 0.05) is 13.7 Å². The molecule has 1 heterocycles. The van der Waals surface area contributed by atoms with Gasteiger partial charge < -0.3 is 9.47 Å². The highest BCUT2D eigenvalue weighted by Gasteiger charge is 2.44. The molecular weight excluding hydrogens is 160 g/mol. The molecule has 0 aromatic heterocycles. The maximum absolute atomic E-state index is 11.1. The number of esters is 2. The van der Waals surface area contributed by atoms with E-state index in [0.717, 1.165) is 0 Å². The van der Waals surface area contributed by atoms with Crippen LogP contribution in [0.5, 0.6) is 0 Å². The molecule has 4 nitrogen and oxygen atoms in total. The number of hydrogen-bond donors (Lipinski definition) is 0. The molecule has 12 heavy (non-hydrogen) atoms. The Hall–Kier alpha value is -0.900. The van der Waals surface area contributed by atoms with Crippen LogP contribution in [0.1, 0.15) is 19.8 Å². The third-order valence-electron chi connectivity index (χ3n) is 2.09. The van der Waals surface area contributed by atoms with E-state index in [0.29, 0.717) is 13.0 Å². The zero-order valence-electron chi connectivity index (χ0n) is 7.25. The number of methoxy groups -OCH3 is 1. The minimum atomic E-state index is -0.660. The Kier molecular flexibility index (Phi) is 2.47. The fraction of sp³-hybridized carbons (Fsp3) is 0.750. The van der Waals surface area contributed by atoms with E-state index in [1.54, 1.807) is 14.0 Å². The largest absolute Gasteiger partial charge is 0.393 e. The molecule has 4 heteroatoms. The highest BCUT2D eigenvalue weighted by molar-refractivity contribution is 5.97. The van der Waals surface area contributed by atoms with Gasteiger partial charge in [-0.2, -0.15) is 0 Å². The van der Waals surface area contributed by atoms with Crippen LogP contribution in [0.2, 0.25) is 0 Å². The number of ether oxygens (including phenoxy) is 2. The van der Waals surface area contributed by atoms with Crippen LogP contribution < -0.4 is 0 Å². The standard InChI is InChI=1S/C8H12O4/c1-8(3-4-11-2)5-6(9)12-7(8)10/h3-5H2,1-2H3. The third kappa shape index (κ3) is 1.64. The Labute approximate surface area is 70.8 Å². The van der Waals surface area contributed by atoms with Crippen LogP contribution in [-0.4, -0.2) is 25.7 Å². The number of cyclic esters (lactones) is 2. The van der Waals surface area contributed by atoms with Crippen LogP contribution in [0, 0.1) is 5.41 Å². The van der Waals surface area contributed by atoms with Crippen LogP contribution in [-0.2, 0) is 19.1 Å². The van der Waals surface area contributed by atoms with Crippen molar-refractivity contribution in [2.75, 3.05) is 13.7 Å². The first kappa shape index (κ1) is 9.19. The molecule has 0 radical (unpaired) electrons. The summed E-state index contributed by atoms with van der Waals surface area (Å²) >= 11 is 0. The molecule has 0 amide bonds. The van der Waals surface area contributed by atoms with Crippen molar-refractivity contribution in [1.29, 1.82) is 0 Å². The van der Waals surface area contributed by atoms with Gasteiger partial charge in [-0.05, 0) is 13.3 Å². The van der Waals surface area contributed by atoms with Crippen LogP contribution in [0.25, 0.3) is 0 Å². The van der Waals surface area contributed by atoms with Gasteiger partial charge in [0.1, 0.15) is 0 Å². The van der Waals surface area contributed by atoms with Crippen molar-refractivity contribution in [2.45, 2.75) is 19.8 Å². The van der Waals surface area contributed by atoms with E-state index in [2.05, 4.69) is 4.74 Å². The van der Waals surface area contributed by atoms with Crippen LogP contribution in [0.15, 0.2) is 0 Å². The Bertz CT molecular complexity index is 211. The minimum absolute atomic E-state index is 0.176. The van der Waals surface area contributed by atoms with Crippen molar-refractivity contribution in [2.24, 2.45) is 5.41 Å². The summed E-state index contributed by atoms with van der Waals surface area (Å²) < 4.78 is 9.27.